The van der Waals surface area contributed by atoms with Gasteiger partial charge in [0.25, 0.3) is 5.24 Å². The second-order valence-corrected chi connectivity index (χ2v) is 14.6. The number of phenols is 1. The van der Waals surface area contributed by atoms with Crippen molar-refractivity contribution in [2.24, 2.45) is 0 Å². The second-order valence-electron chi connectivity index (χ2n) is 13.4. The number of hydrogen-bond donors (Lipinski definition) is 6. The Morgan fingerprint density at radius 1 is 0.755 bits per heavy atom. The van der Waals surface area contributed by atoms with Gasteiger partial charge in [-0.25, -0.2) is 4.39 Å². The van der Waals surface area contributed by atoms with Crippen molar-refractivity contribution in [1.82, 2.24) is 0 Å². The number of phenolic OH excluding ortho intramolecular Hbond substituents is 1. The van der Waals surface area contributed by atoms with Crippen molar-refractivity contribution in [3.63, 3.8) is 0 Å². The third kappa shape index (κ3) is 7.60. The summed E-state index contributed by atoms with van der Waals surface area (Å²) < 4.78 is 19.2. The first-order valence-corrected chi connectivity index (χ1v) is 18.3. The number of amides is 1. The first kappa shape index (κ1) is 36.8. The van der Waals surface area contributed by atoms with Gasteiger partial charge in [0, 0.05) is 16.5 Å². The van der Waals surface area contributed by atoms with Gasteiger partial charge in [-0.15, -0.1) is 0 Å². The molecular weight excluding hydrogens is 698 g/mol. The van der Waals surface area contributed by atoms with E-state index >= 15 is 0 Å². The van der Waals surface area contributed by atoms with Crippen LogP contribution in [-0.2, 0) is 4.74 Å². The topological polar surface area (TPSA) is 151 Å². The standard InChI is InChI=1S/C42H40FNO8S/c43-30-15-10-27(11-16-30)33(46)20-21-36-37(44(42(51)53-36)31-17-12-25(13-18-31)24-4-2-1-3-5-24)32-19-14-29(22-34(32)47)26-6-8-28(9-7-26)41-40(50)39(49)38(48)35(23-45)52-41/h1-19,22,33,35-41,45-50H,20-21,23H2/t33?,35-,36-,37-,38-,39+,40-,41?/m1/s1. The number of aliphatic hydroxyl groups excluding tert-OH is 5. The summed E-state index contributed by atoms with van der Waals surface area (Å²) in [6.45, 7) is -0.525. The summed E-state index contributed by atoms with van der Waals surface area (Å²) in [5.41, 5.74) is 5.78. The molecule has 7 rings (SSSR count). The molecule has 53 heavy (non-hydrogen) atoms. The summed E-state index contributed by atoms with van der Waals surface area (Å²) in [5, 5.41) is 62.6. The lowest BCUT2D eigenvalue weighted by Gasteiger charge is -2.40. The lowest BCUT2D eigenvalue weighted by atomic mass is 9.90. The van der Waals surface area contributed by atoms with E-state index in [1.807, 2.05) is 60.7 Å². The summed E-state index contributed by atoms with van der Waals surface area (Å²) in [7, 11) is 0. The van der Waals surface area contributed by atoms with E-state index in [-0.39, 0.29) is 16.2 Å². The Bertz CT molecular complexity index is 2010. The average Bonchev–Trinajstić information content (AvgIpc) is 3.52. The fourth-order valence-corrected chi connectivity index (χ4v) is 8.43. The summed E-state index contributed by atoms with van der Waals surface area (Å²) in [4.78, 5) is 15.5. The van der Waals surface area contributed by atoms with Crippen LogP contribution in [0.5, 0.6) is 5.75 Å². The van der Waals surface area contributed by atoms with Crippen LogP contribution in [0.1, 0.15) is 47.8 Å². The highest BCUT2D eigenvalue weighted by Crippen LogP contribution is 2.49. The Morgan fingerprint density at radius 2 is 1.38 bits per heavy atom. The molecule has 2 fully saturated rings. The quantitative estimate of drug-likeness (QED) is 0.0923. The largest absolute Gasteiger partial charge is 0.508 e. The molecule has 0 aliphatic carbocycles. The number of hydrogen-bond acceptors (Lipinski definition) is 9. The fourth-order valence-electron chi connectivity index (χ4n) is 7.19. The maximum Gasteiger partial charge on any atom is 0.287 e. The zero-order valence-corrected chi connectivity index (χ0v) is 29.3. The van der Waals surface area contributed by atoms with E-state index < -0.39 is 55.1 Å². The molecular formula is C42H40FNO8S. The van der Waals surface area contributed by atoms with Gasteiger partial charge in [0.15, 0.2) is 0 Å². The molecule has 0 spiro atoms. The van der Waals surface area contributed by atoms with E-state index in [0.717, 1.165) is 28.5 Å². The van der Waals surface area contributed by atoms with Crippen molar-refractivity contribution in [3.05, 3.63) is 144 Å². The highest BCUT2D eigenvalue weighted by Gasteiger charge is 2.45. The first-order chi connectivity index (χ1) is 25.6. The van der Waals surface area contributed by atoms with E-state index in [0.29, 0.717) is 40.8 Å². The number of aromatic hydroxyl groups is 1. The molecule has 5 aromatic rings. The van der Waals surface area contributed by atoms with Crippen LogP contribution < -0.4 is 4.90 Å². The predicted octanol–water partition coefficient (Wildman–Crippen LogP) is 6.68. The third-order valence-corrected chi connectivity index (χ3v) is 11.3. The minimum atomic E-state index is -1.49. The number of anilines is 1. The monoisotopic (exact) mass is 737 g/mol. The summed E-state index contributed by atoms with van der Waals surface area (Å²) in [6, 6.07) is 35.0. The molecule has 1 amide bonds. The molecule has 8 atom stereocenters. The molecule has 2 saturated heterocycles. The fraction of sp³-hybridized carbons (Fsp3) is 0.262. The summed E-state index contributed by atoms with van der Waals surface area (Å²) in [5.74, 6) is -0.411. The van der Waals surface area contributed by atoms with E-state index in [2.05, 4.69) is 0 Å². The third-order valence-electron chi connectivity index (χ3n) is 10.1. The average molecular weight is 738 g/mol. The molecule has 274 valence electrons. The van der Waals surface area contributed by atoms with Gasteiger partial charge in [0.1, 0.15) is 42.1 Å². The van der Waals surface area contributed by atoms with Gasteiger partial charge >= 0.3 is 0 Å². The Kier molecular flexibility index (Phi) is 11.0. The molecule has 2 unspecified atom stereocenters. The maximum atomic E-state index is 13.8. The molecule has 6 N–H and O–H groups in total. The lowest BCUT2D eigenvalue weighted by molar-refractivity contribution is -0.231. The van der Waals surface area contributed by atoms with Gasteiger partial charge in [-0.3, -0.25) is 9.69 Å². The Hall–Kier alpha value is -4.59. The minimum absolute atomic E-state index is 0.0178. The Labute approximate surface area is 310 Å². The molecule has 0 saturated carbocycles. The number of halogens is 1. The van der Waals surface area contributed by atoms with E-state index in [9.17, 15) is 39.8 Å². The molecule has 2 aliphatic heterocycles. The molecule has 0 radical (unpaired) electrons. The van der Waals surface area contributed by atoms with E-state index in [4.69, 9.17) is 4.74 Å². The summed E-state index contributed by atoms with van der Waals surface area (Å²) >= 11 is 1.16. The molecule has 2 aliphatic rings. The van der Waals surface area contributed by atoms with Gasteiger partial charge in [-0.05, 0) is 76.6 Å². The molecule has 11 heteroatoms. The number of ether oxygens (including phenoxy) is 1. The van der Waals surface area contributed by atoms with E-state index in [1.54, 1.807) is 53.4 Å². The van der Waals surface area contributed by atoms with Crippen LogP contribution >= 0.6 is 11.8 Å². The van der Waals surface area contributed by atoms with Crippen LogP contribution in [0, 0.1) is 5.82 Å². The minimum Gasteiger partial charge on any atom is -0.508 e. The summed E-state index contributed by atoms with van der Waals surface area (Å²) in [6.07, 6.45) is -6.48. The van der Waals surface area contributed by atoms with Crippen LogP contribution in [0.3, 0.4) is 0 Å². The smallest absolute Gasteiger partial charge is 0.287 e. The Morgan fingerprint density at radius 3 is 2.04 bits per heavy atom. The maximum absolute atomic E-state index is 13.8. The van der Waals surface area contributed by atoms with Crippen molar-refractivity contribution in [3.8, 4) is 28.0 Å². The SMILES string of the molecule is O=C1S[C@H](CCC(O)c2ccc(F)cc2)[C@@H](c2ccc(-c3ccc(C4O[C@H](CO)[C@@H](O)[C@H](O)[C@H]4O)cc3)cc2O)N1c1ccc(-c2ccccc2)cc1. The van der Waals surface area contributed by atoms with Gasteiger partial charge in [0.05, 0.1) is 18.8 Å². The molecule has 0 bridgehead atoms. The highest BCUT2D eigenvalue weighted by molar-refractivity contribution is 8.14. The van der Waals surface area contributed by atoms with Crippen LogP contribution in [0.15, 0.2) is 121 Å². The number of benzene rings is 5. The number of thioether (sulfide) groups is 1. The van der Waals surface area contributed by atoms with Gasteiger partial charge < -0.3 is 35.4 Å². The molecule has 0 aromatic heterocycles. The highest BCUT2D eigenvalue weighted by atomic mass is 32.2. The Balaban J connectivity index is 1.17. The number of aliphatic hydroxyl groups is 5. The predicted molar refractivity (Wildman–Crippen MR) is 201 cm³/mol. The number of nitrogens with zero attached hydrogens (tertiary/aromatic N) is 1. The molecule has 5 aromatic carbocycles. The van der Waals surface area contributed by atoms with Crippen LogP contribution in [-0.4, -0.2) is 72.2 Å². The normalized spacial score (nSPS) is 25.1. The van der Waals surface area contributed by atoms with Crippen molar-refractivity contribution >= 4 is 22.7 Å². The number of rotatable bonds is 10. The first-order valence-electron chi connectivity index (χ1n) is 17.5. The van der Waals surface area contributed by atoms with Crippen molar-refractivity contribution < 1.29 is 44.6 Å². The van der Waals surface area contributed by atoms with Gasteiger partial charge in [-0.1, -0.05) is 103 Å². The zero-order valence-electron chi connectivity index (χ0n) is 28.5. The molecule has 9 nitrogen and oxygen atoms in total. The van der Waals surface area contributed by atoms with Crippen molar-refractivity contribution in [1.29, 1.82) is 0 Å². The number of carbonyl (C=O) groups is 1. The zero-order chi connectivity index (χ0) is 37.2. The van der Waals surface area contributed by atoms with Gasteiger partial charge in [-0.2, -0.15) is 0 Å². The number of carbonyl (C=O) groups excluding carboxylic acids is 1. The molecule has 2 heterocycles. The second kappa shape index (κ2) is 15.8. The van der Waals surface area contributed by atoms with Crippen LogP contribution in [0.4, 0.5) is 14.9 Å². The van der Waals surface area contributed by atoms with Crippen LogP contribution in [0.25, 0.3) is 22.3 Å². The van der Waals surface area contributed by atoms with Crippen molar-refractivity contribution in [2.75, 3.05) is 11.5 Å². The van der Waals surface area contributed by atoms with Crippen LogP contribution in [0.2, 0.25) is 0 Å². The van der Waals surface area contributed by atoms with E-state index in [1.165, 1.54) is 12.1 Å². The lowest BCUT2D eigenvalue weighted by Crippen LogP contribution is -2.55. The van der Waals surface area contributed by atoms with Gasteiger partial charge in [0.2, 0.25) is 0 Å². The van der Waals surface area contributed by atoms with Crippen molar-refractivity contribution in [2.45, 2.75) is 60.8 Å².